The van der Waals surface area contributed by atoms with Crippen LogP contribution >= 0.6 is 12.6 Å². The second-order valence-corrected chi connectivity index (χ2v) is 6.16. The molecule has 0 aromatic heterocycles. The lowest BCUT2D eigenvalue weighted by atomic mass is 10.2. The molecular formula is C15H21NO4S. The first kappa shape index (κ1) is 17.4. The molecule has 0 saturated carbocycles. The Bertz CT molecular complexity index is 511. The molecular weight excluding hydrogens is 290 g/mol. The summed E-state index contributed by atoms with van der Waals surface area (Å²) in [5.41, 5.74) is 0.223. The highest BCUT2D eigenvalue weighted by Crippen LogP contribution is 2.10. The fraction of sp³-hybridized carbons (Fsp3) is 0.467. The lowest BCUT2D eigenvalue weighted by molar-refractivity contribution is -0.147. The smallest absolute Gasteiger partial charge is 0.408 e. The van der Waals surface area contributed by atoms with Crippen LogP contribution in [0.3, 0.4) is 0 Å². The van der Waals surface area contributed by atoms with Gasteiger partial charge in [-0.1, -0.05) is 12.1 Å². The van der Waals surface area contributed by atoms with E-state index in [4.69, 9.17) is 9.47 Å². The summed E-state index contributed by atoms with van der Waals surface area (Å²) in [5.74, 6) is -0.523. The summed E-state index contributed by atoms with van der Waals surface area (Å²) in [4.78, 5) is 24.1. The lowest BCUT2D eigenvalue weighted by Gasteiger charge is -2.21. The molecule has 0 bridgehead atoms. The van der Waals surface area contributed by atoms with E-state index in [1.165, 1.54) is 0 Å². The van der Waals surface area contributed by atoms with Gasteiger partial charge in [-0.2, -0.15) is 0 Å². The summed E-state index contributed by atoms with van der Waals surface area (Å²) in [6, 6.07) is 6.52. The van der Waals surface area contributed by atoms with Crippen molar-refractivity contribution >= 4 is 24.7 Å². The highest BCUT2D eigenvalue weighted by Gasteiger charge is 2.21. The zero-order chi connectivity index (χ0) is 16.0. The van der Waals surface area contributed by atoms with Gasteiger partial charge in [0.1, 0.15) is 18.2 Å². The maximum Gasteiger partial charge on any atom is 0.408 e. The molecule has 0 unspecified atom stereocenters. The molecule has 0 heterocycles. The van der Waals surface area contributed by atoms with E-state index < -0.39 is 23.7 Å². The van der Waals surface area contributed by atoms with Crippen LogP contribution in [-0.4, -0.2) is 23.7 Å². The van der Waals surface area contributed by atoms with Crippen LogP contribution in [-0.2, 0) is 20.9 Å². The predicted octanol–water partition coefficient (Wildman–Crippen LogP) is 2.93. The molecule has 0 fully saturated rings. The van der Waals surface area contributed by atoms with Gasteiger partial charge in [0.25, 0.3) is 0 Å². The minimum absolute atomic E-state index is 0.133. The van der Waals surface area contributed by atoms with Crippen molar-refractivity contribution in [2.45, 2.75) is 50.8 Å². The molecule has 0 aliphatic rings. The largest absolute Gasteiger partial charge is 0.459 e. The van der Waals surface area contributed by atoms with E-state index >= 15 is 0 Å². The molecule has 1 amide bonds. The molecule has 1 rings (SSSR count). The van der Waals surface area contributed by atoms with Crippen LogP contribution in [0.2, 0.25) is 0 Å². The van der Waals surface area contributed by atoms with Gasteiger partial charge in [-0.3, -0.25) is 0 Å². The molecule has 0 spiro atoms. The Morgan fingerprint density at radius 1 is 1.33 bits per heavy atom. The average Bonchev–Trinajstić information content (AvgIpc) is 2.33. The van der Waals surface area contributed by atoms with E-state index in [0.717, 1.165) is 10.5 Å². The Labute approximate surface area is 130 Å². The van der Waals surface area contributed by atoms with Gasteiger partial charge in [0.15, 0.2) is 0 Å². The summed E-state index contributed by atoms with van der Waals surface area (Å²) in [6.45, 7) is 6.93. The van der Waals surface area contributed by atoms with E-state index in [1.54, 1.807) is 27.7 Å². The maximum absolute atomic E-state index is 11.8. The van der Waals surface area contributed by atoms with Crippen molar-refractivity contribution in [3.8, 4) is 0 Å². The first-order valence-electron chi connectivity index (χ1n) is 6.61. The number of hydrogen-bond acceptors (Lipinski definition) is 5. The number of benzene rings is 1. The normalized spacial score (nSPS) is 12.4. The minimum Gasteiger partial charge on any atom is -0.459 e. The van der Waals surface area contributed by atoms with Crippen molar-refractivity contribution in [2.24, 2.45) is 0 Å². The van der Waals surface area contributed by atoms with E-state index in [1.807, 2.05) is 24.3 Å². The van der Waals surface area contributed by atoms with Crippen molar-refractivity contribution < 1.29 is 19.1 Å². The van der Waals surface area contributed by atoms with Crippen molar-refractivity contribution in [1.82, 2.24) is 5.32 Å². The average molecular weight is 311 g/mol. The number of alkyl carbamates (subject to hydrolysis) is 1. The topological polar surface area (TPSA) is 64.6 Å². The third-order valence-corrected chi connectivity index (χ3v) is 2.66. The van der Waals surface area contributed by atoms with Gasteiger partial charge >= 0.3 is 12.1 Å². The second kappa shape index (κ2) is 7.36. The first-order valence-corrected chi connectivity index (χ1v) is 7.06. The van der Waals surface area contributed by atoms with Gasteiger partial charge in [-0.05, 0) is 45.4 Å². The van der Waals surface area contributed by atoms with Crippen LogP contribution in [0.4, 0.5) is 4.79 Å². The van der Waals surface area contributed by atoms with Gasteiger partial charge < -0.3 is 14.8 Å². The highest BCUT2D eigenvalue weighted by atomic mass is 32.1. The molecule has 21 heavy (non-hydrogen) atoms. The van der Waals surface area contributed by atoms with Gasteiger partial charge in [-0.25, -0.2) is 9.59 Å². The van der Waals surface area contributed by atoms with Gasteiger partial charge in [-0.15, -0.1) is 12.6 Å². The Balaban J connectivity index is 2.43. The molecule has 1 aromatic carbocycles. The van der Waals surface area contributed by atoms with E-state index in [-0.39, 0.29) is 6.61 Å². The number of esters is 1. The molecule has 6 heteroatoms. The molecule has 0 radical (unpaired) electrons. The van der Waals surface area contributed by atoms with Gasteiger partial charge in [0.2, 0.25) is 0 Å². The Hall–Kier alpha value is -1.69. The third kappa shape index (κ3) is 7.04. The lowest BCUT2D eigenvalue weighted by Crippen LogP contribution is -2.42. The van der Waals surface area contributed by atoms with E-state index in [2.05, 4.69) is 17.9 Å². The molecule has 1 aromatic rings. The zero-order valence-electron chi connectivity index (χ0n) is 12.7. The fourth-order valence-electron chi connectivity index (χ4n) is 1.47. The molecule has 5 nitrogen and oxygen atoms in total. The second-order valence-electron chi connectivity index (χ2n) is 5.65. The Kier molecular flexibility index (Phi) is 6.08. The van der Waals surface area contributed by atoms with Gasteiger partial charge in [0, 0.05) is 4.90 Å². The number of hydrogen-bond donors (Lipinski definition) is 2. The zero-order valence-corrected chi connectivity index (χ0v) is 13.6. The van der Waals surface area contributed by atoms with Crippen LogP contribution in [0.1, 0.15) is 33.3 Å². The summed E-state index contributed by atoms with van der Waals surface area (Å²) in [7, 11) is 0. The standard InChI is InChI=1S/C15H21NO4S/c1-10(16-14(18)20-15(2,3)4)13(17)19-9-11-6-5-7-12(21)8-11/h5-8,10,21H,9H2,1-4H3,(H,16,18)/t10-/m0/s1. The molecule has 0 aliphatic carbocycles. The molecule has 1 atom stereocenters. The number of amides is 1. The SMILES string of the molecule is C[C@H](NC(=O)OC(C)(C)C)C(=O)OCc1cccc(S)c1. The number of ether oxygens (including phenoxy) is 2. The molecule has 116 valence electrons. The Morgan fingerprint density at radius 2 is 2.00 bits per heavy atom. The molecule has 0 saturated heterocycles. The summed E-state index contributed by atoms with van der Waals surface area (Å²) < 4.78 is 10.2. The summed E-state index contributed by atoms with van der Waals surface area (Å²) in [6.07, 6.45) is -0.649. The van der Waals surface area contributed by atoms with Gasteiger partial charge in [0.05, 0.1) is 0 Å². The molecule has 1 N–H and O–H groups in total. The number of thiol groups is 1. The van der Waals surface area contributed by atoms with Crippen LogP contribution in [0.25, 0.3) is 0 Å². The van der Waals surface area contributed by atoms with Crippen molar-refractivity contribution in [3.63, 3.8) is 0 Å². The number of nitrogens with one attached hydrogen (secondary N) is 1. The van der Waals surface area contributed by atoms with Crippen LogP contribution < -0.4 is 5.32 Å². The highest BCUT2D eigenvalue weighted by molar-refractivity contribution is 7.80. The Morgan fingerprint density at radius 3 is 2.57 bits per heavy atom. The van der Waals surface area contributed by atoms with E-state index in [0.29, 0.717) is 0 Å². The third-order valence-electron chi connectivity index (χ3n) is 2.38. The van der Waals surface area contributed by atoms with Crippen molar-refractivity contribution in [2.75, 3.05) is 0 Å². The summed E-state index contributed by atoms with van der Waals surface area (Å²) >= 11 is 4.21. The van der Waals surface area contributed by atoms with Crippen LogP contribution in [0, 0.1) is 0 Å². The van der Waals surface area contributed by atoms with Crippen LogP contribution in [0.15, 0.2) is 29.2 Å². The number of rotatable bonds is 4. The quantitative estimate of drug-likeness (QED) is 0.663. The van der Waals surface area contributed by atoms with Crippen LogP contribution in [0.5, 0.6) is 0 Å². The minimum atomic E-state index is -0.779. The number of carbonyl (C=O) groups excluding carboxylic acids is 2. The van der Waals surface area contributed by atoms with E-state index in [9.17, 15) is 9.59 Å². The fourth-order valence-corrected chi connectivity index (χ4v) is 1.72. The predicted molar refractivity (Wildman–Crippen MR) is 82.3 cm³/mol. The van der Waals surface area contributed by atoms with Crippen molar-refractivity contribution in [3.05, 3.63) is 29.8 Å². The maximum atomic E-state index is 11.8. The first-order chi connectivity index (χ1) is 9.67. The monoisotopic (exact) mass is 311 g/mol. The number of carbonyl (C=O) groups is 2. The van der Waals surface area contributed by atoms with Crippen molar-refractivity contribution in [1.29, 1.82) is 0 Å². The molecule has 0 aliphatic heterocycles. The summed E-state index contributed by atoms with van der Waals surface area (Å²) in [5, 5.41) is 2.43.